The van der Waals surface area contributed by atoms with E-state index in [0.29, 0.717) is 18.9 Å². The highest BCUT2D eigenvalue weighted by Gasteiger charge is 2.42. The minimum absolute atomic E-state index is 0.0472. The fraction of sp³-hybridized carbons (Fsp3) is 0.692. The largest absolute Gasteiger partial charge is 0.419 e. The van der Waals surface area contributed by atoms with Gasteiger partial charge in [0, 0.05) is 31.4 Å². The van der Waals surface area contributed by atoms with E-state index in [4.69, 9.17) is 0 Å². The van der Waals surface area contributed by atoms with Gasteiger partial charge in [0.15, 0.2) is 0 Å². The van der Waals surface area contributed by atoms with Crippen LogP contribution < -0.4 is 5.32 Å². The molecule has 124 valence electrons. The standard InChI is InChI=1S/C13H17F5N4/c1-8-3-12(14,15)7-22(2)10(8)6-21-11-19-4-9(5-20-11)13(16,17)18/h4-5,8,10H,3,6-7H2,1-2H3,(H,19,20,21)/t8-,10?/m1/s1. The highest BCUT2D eigenvalue weighted by atomic mass is 19.4. The zero-order valence-corrected chi connectivity index (χ0v) is 12.2. The summed E-state index contributed by atoms with van der Waals surface area (Å²) in [4.78, 5) is 8.75. The number of hydrogen-bond donors (Lipinski definition) is 1. The molecule has 0 radical (unpaired) electrons. The predicted octanol–water partition coefficient (Wildman–Crippen LogP) is 2.88. The first kappa shape index (κ1) is 16.9. The van der Waals surface area contributed by atoms with Gasteiger partial charge in [-0.1, -0.05) is 6.92 Å². The number of halogens is 5. The third-order valence-electron chi connectivity index (χ3n) is 3.77. The van der Waals surface area contributed by atoms with Crippen molar-refractivity contribution in [3.8, 4) is 0 Å². The molecule has 1 N–H and O–H groups in total. The van der Waals surface area contributed by atoms with E-state index in [2.05, 4.69) is 15.3 Å². The second-order valence-corrected chi connectivity index (χ2v) is 5.69. The highest BCUT2D eigenvalue weighted by molar-refractivity contribution is 5.26. The van der Waals surface area contributed by atoms with Crippen LogP contribution in [0.5, 0.6) is 0 Å². The highest BCUT2D eigenvalue weighted by Crippen LogP contribution is 2.33. The van der Waals surface area contributed by atoms with E-state index in [1.165, 1.54) is 0 Å². The molecule has 1 aromatic heterocycles. The van der Waals surface area contributed by atoms with E-state index in [-0.39, 0.29) is 30.9 Å². The van der Waals surface area contributed by atoms with Crippen molar-refractivity contribution < 1.29 is 22.0 Å². The monoisotopic (exact) mass is 324 g/mol. The third-order valence-corrected chi connectivity index (χ3v) is 3.77. The molecule has 0 spiro atoms. The summed E-state index contributed by atoms with van der Waals surface area (Å²) < 4.78 is 64.0. The lowest BCUT2D eigenvalue weighted by molar-refractivity contribution is -0.138. The number of anilines is 1. The summed E-state index contributed by atoms with van der Waals surface area (Å²) in [6, 6.07) is -0.162. The van der Waals surface area contributed by atoms with E-state index in [0.717, 1.165) is 0 Å². The minimum Gasteiger partial charge on any atom is -0.353 e. The number of nitrogens with zero attached hydrogens (tertiary/aromatic N) is 3. The summed E-state index contributed by atoms with van der Waals surface area (Å²) in [5, 5.41) is 2.81. The van der Waals surface area contributed by atoms with Crippen LogP contribution in [-0.4, -0.2) is 47.0 Å². The first-order chi connectivity index (χ1) is 10.1. The van der Waals surface area contributed by atoms with Gasteiger partial charge in [-0.15, -0.1) is 0 Å². The van der Waals surface area contributed by atoms with Crippen LogP contribution in [-0.2, 0) is 6.18 Å². The Labute approximate surface area is 124 Å². The molecule has 1 aromatic rings. The maximum Gasteiger partial charge on any atom is 0.419 e. The van der Waals surface area contributed by atoms with E-state index < -0.39 is 17.7 Å². The number of piperidine rings is 1. The van der Waals surface area contributed by atoms with Gasteiger partial charge in [0.2, 0.25) is 5.95 Å². The average molecular weight is 324 g/mol. The molecule has 22 heavy (non-hydrogen) atoms. The summed E-state index contributed by atoms with van der Waals surface area (Å²) in [7, 11) is 1.60. The molecule has 4 nitrogen and oxygen atoms in total. The molecule has 1 aliphatic rings. The first-order valence-corrected chi connectivity index (χ1v) is 6.80. The van der Waals surface area contributed by atoms with Gasteiger partial charge in [0.25, 0.3) is 5.92 Å². The predicted molar refractivity (Wildman–Crippen MR) is 70.7 cm³/mol. The molecule has 2 atom stereocenters. The maximum absolute atomic E-state index is 13.4. The molecule has 0 bridgehead atoms. The molecule has 0 saturated carbocycles. The van der Waals surface area contributed by atoms with Crippen molar-refractivity contribution in [2.45, 2.75) is 31.5 Å². The fourth-order valence-electron chi connectivity index (χ4n) is 2.71. The van der Waals surface area contributed by atoms with Crippen LogP contribution in [0.3, 0.4) is 0 Å². The van der Waals surface area contributed by atoms with Gasteiger partial charge in [-0.3, -0.25) is 4.90 Å². The Bertz CT molecular complexity index is 488. The SMILES string of the molecule is C[C@@H]1CC(F)(F)CN(C)C1CNc1ncc(C(F)(F)F)cn1. The van der Waals surface area contributed by atoms with Crippen LogP contribution in [0.2, 0.25) is 0 Å². The zero-order valence-electron chi connectivity index (χ0n) is 12.2. The van der Waals surface area contributed by atoms with Crippen molar-refractivity contribution in [3.63, 3.8) is 0 Å². The van der Waals surface area contributed by atoms with Crippen LogP contribution >= 0.6 is 0 Å². The zero-order chi connectivity index (χ0) is 16.5. The number of nitrogens with one attached hydrogen (secondary N) is 1. The van der Waals surface area contributed by atoms with Crippen LogP contribution in [0, 0.1) is 5.92 Å². The van der Waals surface area contributed by atoms with E-state index in [1.807, 2.05) is 0 Å². The van der Waals surface area contributed by atoms with Gasteiger partial charge in [0.05, 0.1) is 12.1 Å². The molecule has 0 aliphatic carbocycles. The fourth-order valence-corrected chi connectivity index (χ4v) is 2.71. The van der Waals surface area contributed by atoms with Gasteiger partial charge in [-0.05, 0) is 13.0 Å². The van der Waals surface area contributed by atoms with Crippen LogP contribution in [0.25, 0.3) is 0 Å². The molecule has 1 saturated heterocycles. The smallest absolute Gasteiger partial charge is 0.353 e. The van der Waals surface area contributed by atoms with Gasteiger partial charge < -0.3 is 5.32 Å². The summed E-state index contributed by atoms with van der Waals surface area (Å²) >= 11 is 0. The van der Waals surface area contributed by atoms with E-state index in [1.54, 1.807) is 18.9 Å². The van der Waals surface area contributed by atoms with E-state index in [9.17, 15) is 22.0 Å². The van der Waals surface area contributed by atoms with Gasteiger partial charge >= 0.3 is 6.18 Å². The lowest BCUT2D eigenvalue weighted by Crippen LogP contribution is -2.53. The second-order valence-electron chi connectivity index (χ2n) is 5.69. The minimum atomic E-state index is -4.48. The Morgan fingerprint density at radius 1 is 1.32 bits per heavy atom. The summed E-state index contributed by atoms with van der Waals surface area (Å²) in [5.74, 6) is -2.92. The molecule has 9 heteroatoms. The van der Waals surface area contributed by atoms with Crippen molar-refractivity contribution in [3.05, 3.63) is 18.0 Å². The molecule has 2 heterocycles. The Kier molecular flexibility index (Phi) is 4.55. The molecule has 1 unspecified atom stereocenters. The number of alkyl halides is 5. The molecule has 2 rings (SSSR count). The molecule has 0 aromatic carbocycles. The molecular weight excluding hydrogens is 307 g/mol. The Morgan fingerprint density at radius 2 is 1.91 bits per heavy atom. The second kappa shape index (κ2) is 5.94. The van der Waals surface area contributed by atoms with Crippen molar-refractivity contribution >= 4 is 5.95 Å². The Hall–Kier alpha value is -1.51. The quantitative estimate of drug-likeness (QED) is 0.868. The van der Waals surface area contributed by atoms with Gasteiger partial charge in [0.1, 0.15) is 0 Å². The van der Waals surface area contributed by atoms with Crippen LogP contribution in [0.1, 0.15) is 18.9 Å². The van der Waals surface area contributed by atoms with Crippen molar-refractivity contribution in [2.75, 3.05) is 25.5 Å². The number of rotatable bonds is 3. The van der Waals surface area contributed by atoms with Crippen LogP contribution in [0.15, 0.2) is 12.4 Å². The van der Waals surface area contributed by atoms with Crippen molar-refractivity contribution in [1.29, 1.82) is 0 Å². The number of likely N-dealkylation sites (tertiary alicyclic amines) is 1. The van der Waals surface area contributed by atoms with Crippen molar-refractivity contribution in [1.82, 2.24) is 14.9 Å². The van der Waals surface area contributed by atoms with Crippen LogP contribution in [0.4, 0.5) is 27.9 Å². The Balaban J connectivity index is 1.95. The first-order valence-electron chi connectivity index (χ1n) is 6.80. The lowest BCUT2D eigenvalue weighted by Gasteiger charge is -2.41. The summed E-state index contributed by atoms with van der Waals surface area (Å²) in [6.45, 7) is 1.68. The number of hydrogen-bond acceptors (Lipinski definition) is 4. The molecule has 1 fully saturated rings. The molecule has 1 aliphatic heterocycles. The molecular formula is C13H17F5N4. The summed E-state index contributed by atoms with van der Waals surface area (Å²) in [5.41, 5.74) is -0.930. The normalized spacial score (nSPS) is 26.0. The van der Waals surface area contributed by atoms with E-state index >= 15 is 0 Å². The average Bonchev–Trinajstić information content (AvgIpc) is 2.35. The number of aromatic nitrogens is 2. The third kappa shape index (κ3) is 4.02. The lowest BCUT2D eigenvalue weighted by atomic mass is 9.89. The van der Waals surface area contributed by atoms with Crippen molar-refractivity contribution in [2.24, 2.45) is 5.92 Å². The maximum atomic E-state index is 13.4. The van der Waals surface area contributed by atoms with Gasteiger partial charge in [-0.2, -0.15) is 13.2 Å². The molecule has 0 amide bonds. The topological polar surface area (TPSA) is 41.0 Å². The van der Waals surface area contributed by atoms with Gasteiger partial charge in [-0.25, -0.2) is 18.7 Å². The summed E-state index contributed by atoms with van der Waals surface area (Å²) in [6.07, 6.45) is -3.31. The number of likely N-dealkylation sites (N-methyl/N-ethyl adjacent to an activating group) is 1. The Morgan fingerprint density at radius 3 is 2.41 bits per heavy atom.